The Morgan fingerprint density at radius 3 is 2.35 bits per heavy atom. The van der Waals surface area contributed by atoms with Crippen molar-refractivity contribution >= 4 is 0 Å². The first-order valence-corrected chi connectivity index (χ1v) is 7.42. The normalized spacial score (nSPS) is 28.6. The van der Waals surface area contributed by atoms with Crippen LogP contribution in [0.3, 0.4) is 0 Å². The minimum Gasteiger partial charge on any atom is -0.313 e. The van der Waals surface area contributed by atoms with Gasteiger partial charge in [0.15, 0.2) is 0 Å². The van der Waals surface area contributed by atoms with E-state index in [9.17, 15) is 0 Å². The summed E-state index contributed by atoms with van der Waals surface area (Å²) in [6.45, 7) is 16.4. The van der Waals surface area contributed by atoms with Crippen molar-refractivity contribution in [3.05, 3.63) is 0 Å². The smallest absolute Gasteiger partial charge is 0.0107 e. The largest absolute Gasteiger partial charge is 0.313 e. The van der Waals surface area contributed by atoms with E-state index in [1.54, 1.807) is 0 Å². The molecule has 0 aliphatic heterocycles. The van der Waals surface area contributed by atoms with Gasteiger partial charge in [0.25, 0.3) is 0 Å². The lowest BCUT2D eigenvalue weighted by atomic mass is 9.70. The van der Waals surface area contributed by atoms with Crippen LogP contribution in [-0.2, 0) is 0 Å². The molecule has 0 aromatic carbocycles. The molecule has 0 aromatic heterocycles. The van der Waals surface area contributed by atoms with E-state index in [-0.39, 0.29) is 0 Å². The average Bonchev–Trinajstić information content (AvgIpc) is 2.21. The Morgan fingerprint density at radius 1 is 1.18 bits per heavy atom. The lowest BCUT2D eigenvalue weighted by molar-refractivity contribution is 0.149. The molecule has 2 atom stereocenters. The molecule has 0 amide bonds. The summed E-state index contributed by atoms with van der Waals surface area (Å²) < 4.78 is 0. The second-order valence-corrected chi connectivity index (χ2v) is 6.59. The number of rotatable bonds is 6. The van der Waals surface area contributed by atoms with Crippen molar-refractivity contribution in [2.45, 2.75) is 59.9 Å². The zero-order valence-corrected chi connectivity index (χ0v) is 12.6. The molecule has 1 fully saturated rings. The van der Waals surface area contributed by atoms with Crippen LogP contribution in [-0.4, -0.2) is 37.1 Å². The maximum absolute atomic E-state index is 3.77. The molecular weight excluding hydrogens is 208 g/mol. The first-order valence-electron chi connectivity index (χ1n) is 7.42. The molecule has 0 spiro atoms. The maximum atomic E-state index is 3.77. The van der Waals surface area contributed by atoms with Crippen LogP contribution >= 0.6 is 0 Å². The fourth-order valence-corrected chi connectivity index (χ4v) is 3.47. The molecule has 0 bridgehead atoms. The van der Waals surface area contributed by atoms with Crippen LogP contribution in [0.25, 0.3) is 0 Å². The standard InChI is InChI=1S/C15H32N2/c1-6-17(7-2)9-8-16-14-10-13(3)11-15(4,5)12-14/h13-14,16H,6-12H2,1-5H3. The Hall–Kier alpha value is -0.0800. The predicted octanol–water partition coefficient (Wildman–Crippen LogP) is 3.13. The maximum Gasteiger partial charge on any atom is 0.0107 e. The van der Waals surface area contributed by atoms with Gasteiger partial charge in [0.05, 0.1) is 0 Å². The second-order valence-electron chi connectivity index (χ2n) is 6.59. The Labute approximate surface area is 108 Å². The molecule has 1 aliphatic carbocycles. The van der Waals surface area contributed by atoms with Crippen molar-refractivity contribution in [3.8, 4) is 0 Å². The number of hydrogen-bond acceptors (Lipinski definition) is 2. The highest BCUT2D eigenvalue weighted by Gasteiger charge is 2.31. The molecule has 1 saturated carbocycles. The van der Waals surface area contributed by atoms with Gasteiger partial charge in [-0.3, -0.25) is 0 Å². The zero-order valence-electron chi connectivity index (χ0n) is 12.6. The summed E-state index contributed by atoms with van der Waals surface area (Å²) in [6.07, 6.45) is 4.10. The second kappa shape index (κ2) is 6.75. The molecule has 2 nitrogen and oxygen atoms in total. The van der Waals surface area contributed by atoms with Crippen LogP contribution in [0.1, 0.15) is 53.9 Å². The van der Waals surface area contributed by atoms with Crippen LogP contribution in [0.2, 0.25) is 0 Å². The van der Waals surface area contributed by atoms with E-state index < -0.39 is 0 Å². The Bertz CT molecular complexity index is 209. The summed E-state index contributed by atoms with van der Waals surface area (Å²) >= 11 is 0. The summed E-state index contributed by atoms with van der Waals surface area (Å²) in [6, 6.07) is 0.740. The van der Waals surface area contributed by atoms with Gasteiger partial charge in [-0.25, -0.2) is 0 Å². The van der Waals surface area contributed by atoms with E-state index >= 15 is 0 Å². The molecule has 1 N–H and O–H groups in total. The summed E-state index contributed by atoms with van der Waals surface area (Å²) in [5, 5.41) is 3.77. The molecule has 1 aliphatic rings. The van der Waals surface area contributed by atoms with E-state index in [2.05, 4.69) is 44.8 Å². The van der Waals surface area contributed by atoms with Crippen molar-refractivity contribution in [2.75, 3.05) is 26.2 Å². The zero-order chi connectivity index (χ0) is 12.9. The summed E-state index contributed by atoms with van der Waals surface area (Å²) in [7, 11) is 0. The fourth-order valence-electron chi connectivity index (χ4n) is 3.47. The van der Waals surface area contributed by atoms with Gasteiger partial charge in [-0.05, 0) is 43.7 Å². The van der Waals surface area contributed by atoms with Crippen LogP contribution in [0, 0.1) is 11.3 Å². The van der Waals surface area contributed by atoms with Gasteiger partial charge in [-0.1, -0.05) is 34.6 Å². The van der Waals surface area contributed by atoms with Gasteiger partial charge >= 0.3 is 0 Å². The van der Waals surface area contributed by atoms with Crippen molar-refractivity contribution in [2.24, 2.45) is 11.3 Å². The van der Waals surface area contributed by atoms with Gasteiger partial charge < -0.3 is 10.2 Å². The molecule has 102 valence electrons. The van der Waals surface area contributed by atoms with Gasteiger partial charge in [0.1, 0.15) is 0 Å². The molecule has 0 radical (unpaired) electrons. The van der Waals surface area contributed by atoms with Gasteiger partial charge in [-0.2, -0.15) is 0 Å². The number of nitrogens with one attached hydrogen (secondary N) is 1. The van der Waals surface area contributed by atoms with E-state index in [0.717, 1.165) is 18.5 Å². The van der Waals surface area contributed by atoms with Crippen LogP contribution in [0.15, 0.2) is 0 Å². The van der Waals surface area contributed by atoms with Crippen LogP contribution in [0.5, 0.6) is 0 Å². The van der Waals surface area contributed by atoms with Gasteiger partial charge in [0.2, 0.25) is 0 Å². The minimum absolute atomic E-state index is 0.532. The SMILES string of the molecule is CCN(CC)CCNC1CC(C)CC(C)(C)C1. The van der Waals surface area contributed by atoms with E-state index in [4.69, 9.17) is 0 Å². The molecule has 1 rings (SSSR count). The minimum atomic E-state index is 0.532. The third-order valence-electron chi connectivity index (χ3n) is 4.14. The predicted molar refractivity (Wildman–Crippen MR) is 76.4 cm³/mol. The third kappa shape index (κ3) is 5.39. The van der Waals surface area contributed by atoms with Crippen molar-refractivity contribution in [1.82, 2.24) is 10.2 Å². The lowest BCUT2D eigenvalue weighted by Crippen LogP contribution is -2.43. The van der Waals surface area contributed by atoms with Gasteiger partial charge in [0, 0.05) is 19.1 Å². The summed E-state index contributed by atoms with van der Waals surface area (Å²) in [4.78, 5) is 2.49. The van der Waals surface area contributed by atoms with E-state index in [1.807, 2.05) is 0 Å². The number of likely N-dealkylation sites (N-methyl/N-ethyl adjacent to an activating group) is 1. The first-order chi connectivity index (χ1) is 7.96. The summed E-state index contributed by atoms with van der Waals surface area (Å²) in [5.74, 6) is 0.879. The first kappa shape index (κ1) is 15.0. The Kier molecular flexibility index (Phi) is 5.94. The fraction of sp³-hybridized carbons (Fsp3) is 1.00. The average molecular weight is 240 g/mol. The Morgan fingerprint density at radius 2 is 1.82 bits per heavy atom. The van der Waals surface area contributed by atoms with Crippen molar-refractivity contribution < 1.29 is 0 Å². The molecule has 2 heteroatoms. The Balaban J connectivity index is 2.27. The highest BCUT2D eigenvalue weighted by atomic mass is 15.1. The lowest BCUT2D eigenvalue weighted by Gasteiger charge is -2.39. The molecule has 0 saturated heterocycles. The highest BCUT2D eigenvalue weighted by Crippen LogP contribution is 2.38. The molecule has 0 aromatic rings. The highest BCUT2D eigenvalue weighted by molar-refractivity contribution is 4.86. The topological polar surface area (TPSA) is 15.3 Å². The van der Waals surface area contributed by atoms with E-state index in [1.165, 1.54) is 38.9 Å². The van der Waals surface area contributed by atoms with Crippen LogP contribution < -0.4 is 5.32 Å². The van der Waals surface area contributed by atoms with Gasteiger partial charge in [-0.15, -0.1) is 0 Å². The van der Waals surface area contributed by atoms with E-state index in [0.29, 0.717) is 5.41 Å². The van der Waals surface area contributed by atoms with Crippen molar-refractivity contribution in [1.29, 1.82) is 0 Å². The monoisotopic (exact) mass is 240 g/mol. The number of hydrogen-bond donors (Lipinski definition) is 1. The molecule has 0 heterocycles. The molecule has 2 unspecified atom stereocenters. The third-order valence-corrected chi connectivity index (χ3v) is 4.14. The van der Waals surface area contributed by atoms with Crippen molar-refractivity contribution in [3.63, 3.8) is 0 Å². The molecular formula is C15H32N2. The molecule has 17 heavy (non-hydrogen) atoms. The van der Waals surface area contributed by atoms with Crippen LogP contribution in [0.4, 0.5) is 0 Å². The number of nitrogens with zero attached hydrogens (tertiary/aromatic N) is 1. The quantitative estimate of drug-likeness (QED) is 0.767. The summed E-state index contributed by atoms with van der Waals surface area (Å²) in [5.41, 5.74) is 0.532.